The monoisotopic (exact) mass is 366 g/mol. The topological polar surface area (TPSA) is 110 Å². The van der Waals surface area contributed by atoms with Gasteiger partial charge in [-0.1, -0.05) is 11.6 Å². The Hall–Kier alpha value is -3.00. The number of halogens is 2. The molecular formula is C16H12ClFN2O5. The molecule has 0 saturated carbocycles. The molecule has 25 heavy (non-hydrogen) atoms. The number of rotatable bonds is 6. The minimum Gasteiger partial charge on any atom is -0.481 e. The van der Waals surface area contributed by atoms with Gasteiger partial charge in [-0.15, -0.1) is 0 Å². The highest BCUT2D eigenvalue weighted by atomic mass is 35.5. The van der Waals surface area contributed by atoms with Gasteiger partial charge in [0.15, 0.2) is 0 Å². The Labute approximate surface area is 146 Å². The molecule has 0 unspecified atom stereocenters. The lowest BCUT2D eigenvalue weighted by Crippen LogP contribution is -2.30. The second-order valence-corrected chi connectivity index (χ2v) is 5.50. The maximum absolute atomic E-state index is 12.9. The van der Waals surface area contributed by atoms with Crippen molar-refractivity contribution < 1.29 is 24.0 Å². The molecule has 0 aliphatic rings. The molecule has 0 aromatic heterocycles. The number of nitrogens with zero attached hydrogens (tertiary/aromatic N) is 1. The van der Waals surface area contributed by atoms with Crippen LogP contribution in [0.1, 0.15) is 28.4 Å². The van der Waals surface area contributed by atoms with Gasteiger partial charge in [-0.05, 0) is 30.3 Å². The molecule has 0 aliphatic carbocycles. The van der Waals surface area contributed by atoms with Crippen molar-refractivity contribution in [2.45, 2.75) is 12.5 Å². The fourth-order valence-corrected chi connectivity index (χ4v) is 2.42. The van der Waals surface area contributed by atoms with Crippen LogP contribution in [-0.2, 0) is 4.79 Å². The number of non-ortho nitro benzene ring substituents is 1. The van der Waals surface area contributed by atoms with E-state index in [9.17, 15) is 24.1 Å². The molecule has 0 bridgehead atoms. The number of hydrogen-bond donors (Lipinski definition) is 2. The Morgan fingerprint density at radius 3 is 2.44 bits per heavy atom. The van der Waals surface area contributed by atoms with E-state index in [1.165, 1.54) is 24.3 Å². The van der Waals surface area contributed by atoms with Gasteiger partial charge in [-0.25, -0.2) is 4.39 Å². The molecule has 2 aromatic rings. The second-order valence-electron chi connectivity index (χ2n) is 5.09. The first-order valence-corrected chi connectivity index (χ1v) is 7.38. The van der Waals surface area contributed by atoms with Crippen LogP contribution in [-0.4, -0.2) is 21.9 Å². The van der Waals surface area contributed by atoms with Gasteiger partial charge in [-0.3, -0.25) is 19.7 Å². The SMILES string of the molecule is O=C(O)C[C@H](NC(=O)c1ccc(F)cc1)c1cc([N+](=O)[O-])ccc1Cl. The number of carboxylic acid groups (broad SMARTS) is 1. The zero-order valence-corrected chi connectivity index (χ0v) is 13.4. The van der Waals surface area contributed by atoms with Crippen LogP contribution in [0.15, 0.2) is 42.5 Å². The molecule has 0 fully saturated rings. The highest BCUT2D eigenvalue weighted by molar-refractivity contribution is 6.31. The fraction of sp³-hybridized carbons (Fsp3) is 0.125. The zero-order valence-electron chi connectivity index (χ0n) is 12.6. The summed E-state index contributed by atoms with van der Waals surface area (Å²) in [4.78, 5) is 33.6. The zero-order chi connectivity index (χ0) is 18.6. The van der Waals surface area contributed by atoms with Crippen molar-refractivity contribution >= 4 is 29.2 Å². The van der Waals surface area contributed by atoms with E-state index in [1.807, 2.05) is 0 Å². The highest BCUT2D eigenvalue weighted by Crippen LogP contribution is 2.29. The van der Waals surface area contributed by atoms with Gasteiger partial charge in [0.05, 0.1) is 17.4 Å². The molecule has 7 nitrogen and oxygen atoms in total. The van der Waals surface area contributed by atoms with Crippen LogP contribution < -0.4 is 5.32 Å². The average Bonchev–Trinajstić information content (AvgIpc) is 2.54. The number of carbonyl (C=O) groups is 2. The molecule has 2 rings (SSSR count). The molecule has 0 radical (unpaired) electrons. The summed E-state index contributed by atoms with van der Waals surface area (Å²) in [6, 6.07) is 7.08. The smallest absolute Gasteiger partial charge is 0.305 e. The van der Waals surface area contributed by atoms with E-state index in [0.29, 0.717) is 0 Å². The predicted molar refractivity (Wildman–Crippen MR) is 87.0 cm³/mol. The van der Waals surface area contributed by atoms with E-state index < -0.39 is 35.1 Å². The van der Waals surface area contributed by atoms with E-state index in [2.05, 4.69) is 5.32 Å². The van der Waals surface area contributed by atoms with Crippen LogP contribution >= 0.6 is 11.6 Å². The van der Waals surface area contributed by atoms with Gasteiger partial charge in [0, 0.05) is 28.3 Å². The number of nitro benzene ring substituents is 1. The van der Waals surface area contributed by atoms with E-state index >= 15 is 0 Å². The number of benzene rings is 2. The molecule has 0 saturated heterocycles. The number of amides is 1. The second kappa shape index (κ2) is 7.71. The van der Waals surface area contributed by atoms with Crippen LogP contribution in [0.4, 0.5) is 10.1 Å². The third-order valence-corrected chi connectivity index (χ3v) is 3.70. The third-order valence-electron chi connectivity index (χ3n) is 3.36. The number of nitrogens with one attached hydrogen (secondary N) is 1. The van der Waals surface area contributed by atoms with Crippen molar-refractivity contribution in [1.29, 1.82) is 0 Å². The summed E-state index contributed by atoms with van der Waals surface area (Å²) in [7, 11) is 0. The summed E-state index contributed by atoms with van der Waals surface area (Å²) in [5, 5.41) is 22.5. The molecule has 0 aliphatic heterocycles. The Kier molecular flexibility index (Phi) is 5.66. The van der Waals surface area contributed by atoms with Gasteiger partial charge in [0.25, 0.3) is 11.6 Å². The number of aliphatic carboxylic acids is 1. The minimum absolute atomic E-state index is 0.0799. The van der Waals surface area contributed by atoms with Crippen LogP contribution in [0, 0.1) is 15.9 Å². The Morgan fingerprint density at radius 1 is 1.24 bits per heavy atom. The highest BCUT2D eigenvalue weighted by Gasteiger charge is 2.23. The lowest BCUT2D eigenvalue weighted by molar-refractivity contribution is -0.384. The summed E-state index contributed by atoms with van der Waals surface area (Å²) >= 11 is 6.01. The maximum Gasteiger partial charge on any atom is 0.305 e. The van der Waals surface area contributed by atoms with Crippen LogP contribution in [0.2, 0.25) is 5.02 Å². The van der Waals surface area contributed by atoms with Crippen molar-refractivity contribution in [1.82, 2.24) is 5.32 Å². The van der Waals surface area contributed by atoms with Crippen LogP contribution in [0.3, 0.4) is 0 Å². The van der Waals surface area contributed by atoms with E-state index in [1.54, 1.807) is 0 Å². The molecule has 2 N–H and O–H groups in total. The number of hydrogen-bond acceptors (Lipinski definition) is 4. The summed E-state index contributed by atoms with van der Waals surface area (Å²) in [6.07, 6.45) is -0.534. The molecule has 2 aromatic carbocycles. The summed E-state index contributed by atoms with van der Waals surface area (Å²) in [5.41, 5.74) is -0.0714. The number of carbonyl (C=O) groups excluding carboxylic acids is 1. The van der Waals surface area contributed by atoms with Crippen molar-refractivity contribution in [3.05, 3.63) is 74.5 Å². The van der Waals surface area contributed by atoms with Gasteiger partial charge in [0.2, 0.25) is 0 Å². The Balaban J connectivity index is 2.34. The molecule has 1 atom stereocenters. The molecule has 9 heteroatoms. The van der Waals surface area contributed by atoms with E-state index in [-0.39, 0.29) is 21.8 Å². The average molecular weight is 367 g/mol. The lowest BCUT2D eigenvalue weighted by Gasteiger charge is -2.18. The summed E-state index contributed by atoms with van der Waals surface area (Å²) in [5.74, 6) is -2.42. The van der Waals surface area contributed by atoms with Crippen molar-refractivity contribution in [3.63, 3.8) is 0 Å². The van der Waals surface area contributed by atoms with Crippen LogP contribution in [0.25, 0.3) is 0 Å². The molecule has 1 amide bonds. The van der Waals surface area contributed by atoms with Gasteiger partial charge >= 0.3 is 5.97 Å². The Morgan fingerprint density at radius 2 is 1.88 bits per heavy atom. The largest absolute Gasteiger partial charge is 0.481 e. The predicted octanol–water partition coefficient (Wildman–Crippen LogP) is 3.33. The molecule has 130 valence electrons. The minimum atomic E-state index is -1.23. The summed E-state index contributed by atoms with van der Waals surface area (Å²) in [6.45, 7) is 0. The fourth-order valence-electron chi connectivity index (χ4n) is 2.17. The maximum atomic E-state index is 12.9. The normalized spacial score (nSPS) is 11.6. The van der Waals surface area contributed by atoms with Gasteiger partial charge in [-0.2, -0.15) is 0 Å². The third kappa shape index (κ3) is 4.74. The van der Waals surface area contributed by atoms with Gasteiger partial charge in [0.1, 0.15) is 5.82 Å². The van der Waals surface area contributed by atoms with Crippen molar-refractivity contribution in [2.75, 3.05) is 0 Å². The Bertz CT molecular complexity index is 826. The molecule has 0 spiro atoms. The van der Waals surface area contributed by atoms with E-state index in [4.69, 9.17) is 16.7 Å². The van der Waals surface area contributed by atoms with E-state index in [0.717, 1.165) is 18.2 Å². The lowest BCUT2D eigenvalue weighted by atomic mass is 10.0. The number of carboxylic acids is 1. The standard InChI is InChI=1S/C16H12ClFN2O5/c17-13-6-5-11(20(24)25)7-12(13)14(8-15(21)22)19-16(23)9-1-3-10(18)4-2-9/h1-7,14H,8H2,(H,19,23)(H,21,22)/t14-/m0/s1. The van der Waals surface area contributed by atoms with Crippen molar-refractivity contribution in [3.8, 4) is 0 Å². The summed E-state index contributed by atoms with van der Waals surface area (Å²) < 4.78 is 12.9. The molecular weight excluding hydrogens is 355 g/mol. The number of nitro groups is 1. The molecule has 0 heterocycles. The van der Waals surface area contributed by atoms with Crippen LogP contribution in [0.5, 0.6) is 0 Å². The first-order chi connectivity index (χ1) is 11.8. The quantitative estimate of drug-likeness (QED) is 0.602. The first kappa shape index (κ1) is 18.3. The van der Waals surface area contributed by atoms with Crippen molar-refractivity contribution in [2.24, 2.45) is 0 Å². The first-order valence-electron chi connectivity index (χ1n) is 7.00. The van der Waals surface area contributed by atoms with Gasteiger partial charge < -0.3 is 10.4 Å².